The molecule has 1 fully saturated rings. The number of carbonyl (C=O) groups is 2. The minimum Gasteiger partial charge on any atom is -0.350 e. The van der Waals surface area contributed by atoms with Crippen molar-refractivity contribution in [3.63, 3.8) is 0 Å². The van der Waals surface area contributed by atoms with Gasteiger partial charge in [-0.05, 0) is 37.1 Å². The lowest BCUT2D eigenvalue weighted by atomic mass is 9.94. The molecule has 1 saturated carbocycles. The molecule has 2 amide bonds. The van der Waals surface area contributed by atoms with Gasteiger partial charge >= 0.3 is 0 Å². The molecule has 0 spiro atoms. The van der Waals surface area contributed by atoms with E-state index in [4.69, 9.17) is 11.6 Å². The minimum absolute atomic E-state index is 0.0730. The van der Waals surface area contributed by atoms with Crippen LogP contribution in [-0.4, -0.2) is 22.8 Å². The topological polar surface area (TPSA) is 49.4 Å². The minimum atomic E-state index is -0.442. The van der Waals surface area contributed by atoms with Gasteiger partial charge in [-0.2, -0.15) is 0 Å². The number of hydrogen-bond acceptors (Lipinski definition) is 3. The summed E-state index contributed by atoms with van der Waals surface area (Å²) in [6, 6.07) is 5.46. The van der Waals surface area contributed by atoms with Crippen molar-refractivity contribution >= 4 is 29.1 Å². The fourth-order valence-electron chi connectivity index (χ4n) is 2.98. The summed E-state index contributed by atoms with van der Waals surface area (Å²) in [5.74, 6) is -1.21. The second-order valence-corrected chi connectivity index (χ2v) is 5.97. The number of benzene rings is 1. The molecular weight excluding hydrogens is 307 g/mol. The molecule has 0 radical (unpaired) electrons. The van der Waals surface area contributed by atoms with E-state index in [2.05, 4.69) is 5.32 Å². The first-order valence-corrected chi connectivity index (χ1v) is 7.76. The summed E-state index contributed by atoms with van der Waals surface area (Å²) in [6.45, 7) is 0. The molecule has 2 aliphatic rings. The zero-order valence-corrected chi connectivity index (χ0v) is 12.7. The molecule has 1 aromatic rings. The maximum Gasteiger partial charge on any atom is 0.279 e. The number of amides is 2. The van der Waals surface area contributed by atoms with E-state index in [1.165, 1.54) is 29.2 Å². The Kier molecular flexibility index (Phi) is 4.16. The van der Waals surface area contributed by atoms with Crippen molar-refractivity contribution in [2.75, 3.05) is 5.32 Å². The fourth-order valence-corrected chi connectivity index (χ4v) is 3.20. The lowest BCUT2D eigenvalue weighted by Gasteiger charge is -2.29. The lowest BCUT2D eigenvalue weighted by molar-refractivity contribution is -0.140. The van der Waals surface area contributed by atoms with Crippen molar-refractivity contribution in [3.8, 4) is 0 Å². The molecule has 0 aromatic heterocycles. The monoisotopic (exact) mass is 322 g/mol. The van der Waals surface area contributed by atoms with E-state index >= 15 is 0 Å². The second-order valence-electron chi connectivity index (χ2n) is 5.59. The van der Waals surface area contributed by atoms with Crippen molar-refractivity contribution in [2.24, 2.45) is 0 Å². The van der Waals surface area contributed by atoms with E-state index < -0.39 is 11.8 Å². The van der Waals surface area contributed by atoms with Gasteiger partial charge in [0.2, 0.25) is 0 Å². The third-order valence-electron chi connectivity index (χ3n) is 4.11. The summed E-state index contributed by atoms with van der Waals surface area (Å²) in [5, 5.41) is 2.74. The van der Waals surface area contributed by atoms with Crippen LogP contribution in [0.5, 0.6) is 0 Å². The van der Waals surface area contributed by atoms with Crippen LogP contribution in [0.25, 0.3) is 0 Å². The quantitative estimate of drug-likeness (QED) is 0.868. The van der Waals surface area contributed by atoms with E-state index in [1.54, 1.807) is 0 Å². The maximum atomic E-state index is 12.9. The van der Waals surface area contributed by atoms with Crippen LogP contribution in [0.1, 0.15) is 32.1 Å². The zero-order valence-electron chi connectivity index (χ0n) is 11.9. The summed E-state index contributed by atoms with van der Waals surface area (Å²) in [5.41, 5.74) is 0.588. The van der Waals surface area contributed by atoms with Crippen LogP contribution in [0.2, 0.25) is 0 Å². The summed E-state index contributed by atoms with van der Waals surface area (Å²) >= 11 is 6.05. The molecule has 116 valence electrons. The van der Waals surface area contributed by atoms with Gasteiger partial charge in [-0.25, -0.2) is 4.39 Å². The van der Waals surface area contributed by atoms with E-state index in [9.17, 15) is 14.0 Å². The first kappa shape index (κ1) is 15.0. The Hall–Kier alpha value is -1.88. The molecule has 4 nitrogen and oxygen atoms in total. The average Bonchev–Trinajstić information content (AvgIpc) is 2.74. The highest BCUT2D eigenvalue weighted by atomic mass is 35.5. The highest BCUT2D eigenvalue weighted by Crippen LogP contribution is 2.32. The average molecular weight is 323 g/mol. The number of hydrogen-bond donors (Lipinski definition) is 1. The van der Waals surface area contributed by atoms with E-state index in [0.717, 1.165) is 32.1 Å². The van der Waals surface area contributed by atoms with Gasteiger partial charge in [0.25, 0.3) is 11.8 Å². The number of carbonyl (C=O) groups excluding carboxylic acids is 2. The number of nitrogens with one attached hydrogen (secondary N) is 1. The van der Waals surface area contributed by atoms with Crippen molar-refractivity contribution in [1.29, 1.82) is 0 Å². The second kappa shape index (κ2) is 6.08. The molecule has 22 heavy (non-hydrogen) atoms. The van der Waals surface area contributed by atoms with Crippen LogP contribution in [0.3, 0.4) is 0 Å². The lowest BCUT2D eigenvalue weighted by Crippen LogP contribution is -2.42. The molecule has 0 saturated heterocycles. The summed E-state index contributed by atoms with van der Waals surface area (Å²) in [6.07, 6.45) is 4.81. The van der Waals surface area contributed by atoms with Crippen LogP contribution in [0.15, 0.2) is 35.0 Å². The SMILES string of the molecule is O=C1C(Cl)=C(Nc2ccc(F)cc2)C(=O)N1C1CCCCC1. The number of imide groups is 1. The molecule has 1 aliphatic carbocycles. The molecule has 6 heteroatoms. The Morgan fingerprint density at radius 2 is 1.68 bits per heavy atom. The Labute approximate surface area is 132 Å². The molecule has 3 rings (SSSR count). The number of rotatable bonds is 3. The maximum absolute atomic E-state index is 12.9. The van der Waals surface area contributed by atoms with Gasteiger partial charge in [0.1, 0.15) is 16.5 Å². The van der Waals surface area contributed by atoms with Crippen LogP contribution < -0.4 is 5.32 Å². The van der Waals surface area contributed by atoms with Gasteiger partial charge in [-0.15, -0.1) is 0 Å². The zero-order chi connectivity index (χ0) is 15.7. The third kappa shape index (κ3) is 2.73. The van der Waals surface area contributed by atoms with Crippen LogP contribution >= 0.6 is 11.6 Å². The van der Waals surface area contributed by atoms with Gasteiger partial charge in [-0.3, -0.25) is 14.5 Å². The highest BCUT2D eigenvalue weighted by Gasteiger charge is 2.41. The van der Waals surface area contributed by atoms with Crippen LogP contribution in [-0.2, 0) is 9.59 Å². The fraction of sp³-hybridized carbons (Fsp3) is 0.375. The molecule has 1 heterocycles. The molecule has 0 bridgehead atoms. The van der Waals surface area contributed by atoms with Crippen molar-refractivity contribution in [1.82, 2.24) is 4.90 Å². The van der Waals surface area contributed by atoms with Crippen LogP contribution in [0.4, 0.5) is 10.1 Å². The molecule has 1 aliphatic heterocycles. The largest absolute Gasteiger partial charge is 0.350 e. The third-order valence-corrected chi connectivity index (χ3v) is 4.46. The molecular formula is C16H16ClFN2O2. The van der Waals surface area contributed by atoms with E-state index in [1.807, 2.05) is 0 Å². The van der Waals surface area contributed by atoms with Gasteiger partial charge in [0, 0.05) is 11.7 Å². The molecule has 0 atom stereocenters. The van der Waals surface area contributed by atoms with Gasteiger partial charge in [0.15, 0.2) is 0 Å². The predicted octanol–water partition coefficient (Wildman–Crippen LogP) is 3.39. The van der Waals surface area contributed by atoms with Gasteiger partial charge in [0.05, 0.1) is 0 Å². The van der Waals surface area contributed by atoms with E-state index in [-0.39, 0.29) is 22.6 Å². The smallest absolute Gasteiger partial charge is 0.279 e. The van der Waals surface area contributed by atoms with Gasteiger partial charge < -0.3 is 5.32 Å². The normalized spacial score (nSPS) is 20.0. The summed E-state index contributed by atoms with van der Waals surface area (Å²) in [4.78, 5) is 26.1. The highest BCUT2D eigenvalue weighted by molar-refractivity contribution is 6.48. The summed E-state index contributed by atoms with van der Waals surface area (Å²) in [7, 11) is 0. The first-order valence-electron chi connectivity index (χ1n) is 7.38. The van der Waals surface area contributed by atoms with E-state index in [0.29, 0.717) is 5.69 Å². The Morgan fingerprint density at radius 1 is 1.05 bits per heavy atom. The molecule has 1 aromatic carbocycles. The Balaban J connectivity index is 1.80. The van der Waals surface area contributed by atoms with Crippen molar-refractivity contribution in [3.05, 3.63) is 40.8 Å². The standard InChI is InChI=1S/C16H16ClFN2O2/c17-13-14(19-11-8-6-10(18)7-9-11)16(22)20(15(13)21)12-4-2-1-3-5-12/h6-9,12,19H,1-5H2. The number of halogens is 2. The van der Waals surface area contributed by atoms with Crippen LogP contribution in [0, 0.1) is 5.82 Å². The van der Waals surface area contributed by atoms with Gasteiger partial charge in [-0.1, -0.05) is 30.9 Å². The summed E-state index contributed by atoms with van der Waals surface area (Å²) < 4.78 is 12.9. The Morgan fingerprint density at radius 3 is 2.32 bits per heavy atom. The number of nitrogens with zero attached hydrogens (tertiary/aromatic N) is 1. The molecule has 1 N–H and O–H groups in total. The van der Waals surface area contributed by atoms with Crippen molar-refractivity contribution in [2.45, 2.75) is 38.1 Å². The number of anilines is 1. The van der Waals surface area contributed by atoms with Crippen molar-refractivity contribution < 1.29 is 14.0 Å². The molecule has 0 unspecified atom stereocenters. The first-order chi connectivity index (χ1) is 10.6. The Bertz CT molecular complexity index is 636. The predicted molar refractivity (Wildman–Crippen MR) is 81.6 cm³/mol.